The summed E-state index contributed by atoms with van der Waals surface area (Å²) in [6.45, 7) is 0. The lowest BCUT2D eigenvalue weighted by Crippen LogP contribution is -2.40. The molecule has 1 amide bonds. The molecule has 5 rings (SSSR count). The molecule has 15 heteroatoms. The number of nitrogens with two attached hydrogens (primary N) is 1. The normalized spacial score (nSPS) is 14.4. The number of nitriles is 1. The number of methoxy groups -OCH3 is 2. The molecule has 14 nitrogen and oxygen atoms in total. The number of benzene rings is 3. The van der Waals surface area contributed by atoms with Crippen LogP contribution in [0, 0.1) is 31.6 Å². The predicted molar refractivity (Wildman–Crippen MR) is 165 cm³/mol. The van der Waals surface area contributed by atoms with Gasteiger partial charge in [-0.2, -0.15) is 5.26 Å². The standard InChI is InChI=1S/C30H22N6O8S/c1-43-20-9-10-22(23(14-20)44-2)33-28(37)26-25(17-6-4-8-19(13-17)36(41)42)21(15-31)27(32)34-29(38)24(45-30(26)34)12-16-5-3-7-18(11-16)35(39)40/h3-14,25H,32H2,1-2H3,(H,33,37)/b24-12-. The lowest BCUT2D eigenvalue weighted by molar-refractivity contribution is -0.385. The van der Waals surface area contributed by atoms with Gasteiger partial charge < -0.3 is 20.5 Å². The number of amides is 1. The van der Waals surface area contributed by atoms with Gasteiger partial charge in [0.05, 0.1) is 57.4 Å². The lowest BCUT2D eigenvalue weighted by atomic mass is 9.83. The maximum atomic E-state index is 14.2. The van der Waals surface area contributed by atoms with Gasteiger partial charge in [0.15, 0.2) is 0 Å². The molecule has 1 aliphatic rings. The van der Waals surface area contributed by atoms with Gasteiger partial charge in [-0.05, 0) is 29.3 Å². The van der Waals surface area contributed by atoms with E-state index in [-0.39, 0.29) is 54.5 Å². The zero-order valence-corrected chi connectivity index (χ0v) is 24.4. The summed E-state index contributed by atoms with van der Waals surface area (Å²) in [7, 11) is 2.86. The number of allylic oxidation sites excluding steroid dienone is 1. The van der Waals surface area contributed by atoms with Crippen LogP contribution in [0.2, 0.25) is 0 Å². The molecule has 1 aliphatic heterocycles. The second-order valence-electron chi connectivity index (χ2n) is 9.54. The second kappa shape index (κ2) is 12.1. The van der Waals surface area contributed by atoms with E-state index in [2.05, 4.69) is 5.32 Å². The van der Waals surface area contributed by atoms with Gasteiger partial charge in [0.2, 0.25) is 0 Å². The van der Waals surface area contributed by atoms with Crippen molar-refractivity contribution in [2.75, 3.05) is 19.5 Å². The van der Waals surface area contributed by atoms with Crippen LogP contribution in [0.3, 0.4) is 0 Å². The molecule has 1 unspecified atom stereocenters. The Labute approximate surface area is 257 Å². The van der Waals surface area contributed by atoms with Crippen LogP contribution in [0.25, 0.3) is 17.5 Å². The molecule has 0 spiro atoms. The number of ether oxygens (including phenoxy) is 2. The fraction of sp³-hybridized carbons (Fsp3) is 0.100. The lowest BCUT2D eigenvalue weighted by Gasteiger charge is -2.25. The smallest absolute Gasteiger partial charge is 0.274 e. The summed E-state index contributed by atoms with van der Waals surface area (Å²) in [5.41, 5.74) is 5.78. The SMILES string of the molecule is COc1ccc(NC(=O)C2=c3s/c(=C\c4cccc([N+](=O)[O-])c4)c(=O)n3C(N)=C(C#N)C2c2cccc([N+](=O)[O-])c2)c(OC)c1. The number of non-ortho nitro benzene ring substituents is 2. The molecule has 0 aliphatic carbocycles. The molecular formula is C30H22N6O8S. The molecule has 0 bridgehead atoms. The third kappa shape index (κ3) is 5.60. The van der Waals surface area contributed by atoms with Crippen LogP contribution in [0.15, 0.2) is 77.1 Å². The maximum Gasteiger partial charge on any atom is 0.274 e. The van der Waals surface area contributed by atoms with Gasteiger partial charge in [0.1, 0.15) is 22.0 Å². The third-order valence-electron chi connectivity index (χ3n) is 6.96. The van der Waals surface area contributed by atoms with Crippen LogP contribution >= 0.6 is 11.3 Å². The minimum absolute atomic E-state index is 0.0645. The number of rotatable bonds is 8. The Morgan fingerprint density at radius 3 is 2.38 bits per heavy atom. The molecule has 2 heterocycles. The van der Waals surface area contributed by atoms with Crippen molar-refractivity contribution in [3.63, 3.8) is 0 Å². The number of nitrogens with one attached hydrogen (secondary N) is 1. The van der Waals surface area contributed by atoms with Crippen molar-refractivity contribution >= 4 is 51.8 Å². The number of fused-ring (bicyclic) bond motifs is 1. The Hall–Kier alpha value is -6.27. The summed E-state index contributed by atoms with van der Waals surface area (Å²) >= 11 is 0.878. The van der Waals surface area contributed by atoms with Crippen LogP contribution in [0.5, 0.6) is 11.5 Å². The van der Waals surface area contributed by atoms with Crippen LogP contribution in [0.4, 0.5) is 17.1 Å². The number of nitro benzene ring substituents is 2. The first-order chi connectivity index (χ1) is 21.6. The van der Waals surface area contributed by atoms with Crippen LogP contribution < -0.4 is 35.3 Å². The molecule has 1 aromatic heterocycles. The Morgan fingerprint density at radius 2 is 1.73 bits per heavy atom. The first-order valence-electron chi connectivity index (χ1n) is 13.0. The van der Waals surface area contributed by atoms with E-state index >= 15 is 0 Å². The minimum atomic E-state index is -1.21. The Bertz CT molecular complexity index is 2160. The molecule has 45 heavy (non-hydrogen) atoms. The molecule has 226 valence electrons. The van der Waals surface area contributed by atoms with Gasteiger partial charge in [0.25, 0.3) is 22.8 Å². The zero-order chi connectivity index (χ0) is 32.4. The van der Waals surface area contributed by atoms with Crippen molar-refractivity contribution in [1.29, 1.82) is 5.26 Å². The summed E-state index contributed by atoms with van der Waals surface area (Å²) in [4.78, 5) is 49.6. The van der Waals surface area contributed by atoms with E-state index < -0.39 is 27.2 Å². The van der Waals surface area contributed by atoms with E-state index in [1.54, 1.807) is 24.3 Å². The van der Waals surface area contributed by atoms with Crippen molar-refractivity contribution in [3.8, 4) is 17.6 Å². The van der Waals surface area contributed by atoms with Crippen molar-refractivity contribution in [1.82, 2.24) is 4.57 Å². The number of thiazole rings is 1. The topological polar surface area (TPSA) is 206 Å². The number of anilines is 1. The van der Waals surface area contributed by atoms with Gasteiger partial charge in [-0.1, -0.05) is 24.3 Å². The molecule has 0 radical (unpaired) electrons. The van der Waals surface area contributed by atoms with Crippen molar-refractivity contribution in [3.05, 3.63) is 123 Å². The molecule has 0 fully saturated rings. The monoisotopic (exact) mass is 626 g/mol. The van der Waals surface area contributed by atoms with Crippen LogP contribution in [-0.2, 0) is 4.79 Å². The summed E-state index contributed by atoms with van der Waals surface area (Å²) < 4.78 is 11.8. The summed E-state index contributed by atoms with van der Waals surface area (Å²) in [5, 5.41) is 35.9. The largest absolute Gasteiger partial charge is 0.497 e. The number of nitro groups is 2. The zero-order valence-electron chi connectivity index (χ0n) is 23.5. The van der Waals surface area contributed by atoms with E-state index in [4.69, 9.17) is 15.2 Å². The fourth-order valence-electron chi connectivity index (χ4n) is 4.89. The van der Waals surface area contributed by atoms with Gasteiger partial charge in [-0.3, -0.25) is 34.4 Å². The van der Waals surface area contributed by atoms with Crippen molar-refractivity contribution in [2.24, 2.45) is 5.73 Å². The highest BCUT2D eigenvalue weighted by Crippen LogP contribution is 2.38. The molecular weight excluding hydrogens is 604 g/mol. The van der Waals surface area contributed by atoms with E-state index in [1.165, 1.54) is 62.8 Å². The highest BCUT2D eigenvalue weighted by atomic mass is 32.1. The summed E-state index contributed by atoms with van der Waals surface area (Å²) in [6.07, 6.45) is 1.41. The second-order valence-corrected chi connectivity index (χ2v) is 10.6. The number of carbonyl (C=O) groups excluding carboxylic acids is 1. The highest BCUT2D eigenvalue weighted by Gasteiger charge is 2.36. The summed E-state index contributed by atoms with van der Waals surface area (Å²) in [5.74, 6) is -1.50. The fourth-order valence-corrected chi connectivity index (χ4v) is 6.06. The van der Waals surface area contributed by atoms with Crippen molar-refractivity contribution in [2.45, 2.75) is 5.92 Å². The van der Waals surface area contributed by atoms with Gasteiger partial charge >= 0.3 is 0 Å². The molecule has 3 N–H and O–H groups in total. The molecule has 1 atom stereocenters. The number of aromatic nitrogens is 1. The third-order valence-corrected chi connectivity index (χ3v) is 8.07. The first kappa shape index (κ1) is 30.2. The average molecular weight is 627 g/mol. The molecule has 4 aromatic rings. The van der Waals surface area contributed by atoms with Gasteiger partial charge in [0, 0.05) is 30.3 Å². The van der Waals surface area contributed by atoms with E-state index in [0.717, 1.165) is 15.9 Å². The number of hydrogen-bond donors (Lipinski definition) is 2. The number of carbonyl (C=O) groups is 1. The molecule has 3 aromatic carbocycles. The van der Waals surface area contributed by atoms with Crippen molar-refractivity contribution < 1.29 is 24.1 Å². The molecule has 0 saturated heterocycles. The van der Waals surface area contributed by atoms with Gasteiger partial charge in [-0.15, -0.1) is 11.3 Å². The first-order valence-corrected chi connectivity index (χ1v) is 13.8. The minimum Gasteiger partial charge on any atom is -0.497 e. The predicted octanol–water partition coefficient (Wildman–Crippen LogP) is 2.81. The number of nitrogens with zero attached hydrogens (tertiary/aromatic N) is 4. The Kier molecular flexibility index (Phi) is 8.15. The Morgan fingerprint density at radius 1 is 1.04 bits per heavy atom. The van der Waals surface area contributed by atoms with E-state index in [9.17, 15) is 35.1 Å². The maximum absolute atomic E-state index is 14.2. The summed E-state index contributed by atoms with van der Waals surface area (Å²) in [6, 6.07) is 17.7. The average Bonchev–Trinajstić information content (AvgIpc) is 3.36. The van der Waals surface area contributed by atoms with Crippen LogP contribution in [0.1, 0.15) is 17.0 Å². The highest BCUT2D eigenvalue weighted by molar-refractivity contribution is 7.07. The number of hydrogen-bond acceptors (Lipinski definition) is 11. The van der Waals surface area contributed by atoms with Gasteiger partial charge in [-0.25, -0.2) is 0 Å². The van der Waals surface area contributed by atoms with Crippen LogP contribution in [-0.4, -0.2) is 34.5 Å². The molecule has 0 saturated carbocycles. The Balaban J connectivity index is 1.81. The van der Waals surface area contributed by atoms with E-state index in [1.807, 2.05) is 6.07 Å². The van der Waals surface area contributed by atoms with E-state index in [0.29, 0.717) is 11.3 Å². The quantitative estimate of drug-likeness (QED) is 0.216.